The first-order valence-corrected chi connectivity index (χ1v) is 9.52. The lowest BCUT2D eigenvalue weighted by Gasteiger charge is -2.19. The van der Waals surface area contributed by atoms with Crippen molar-refractivity contribution in [1.29, 1.82) is 0 Å². The number of phenols is 1. The first kappa shape index (κ1) is 18.1. The maximum Gasteiger partial charge on any atom is 0.156 e. The maximum absolute atomic E-state index is 10.0. The number of nitrogens with zero attached hydrogens (tertiary/aromatic N) is 1. The molecule has 4 aromatic rings. The molecule has 0 radical (unpaired) electrons. The molecule has 3 aromatic carbocycles. The van der Waals surface area contributed by atoms with Gasteiger partial charge in [-0.15, -0.1) is 0 Å². The number of aromatic amines is 1. The van der Waals surface area contributed by atoms with Crippen LogP contribution in [0, 0.1) is 0 Å². The highest BCUT2D eigenvalue weighted by Crippen LogP contribution is 2.34. The fourth-order valence-electron chi connectivity index (χ4n) is 3.43. The maximum atomic E-state index is 10.0. The predicted molar refractivity (Wildman–Crippen MR) is 116 cm³/mol. The average Bonchev–Trinajstić information content (AvgIpc) is 3.10. The van der Waals surface area contributed by atoms with Gasteiger partial charge in [0.15, 0.2) is 5.82 Å². The van der Waals surface area contributed by atoms with Crippen LogP contribution in [0.1, 0.15) is 31.9 Å². The minimum atomic E-state index is 0.130. The summed E-state index contributed by atoms with van der Waals surface area (Å²) >= 11 is 0. The molecule has 0 atom stereocenters. The summed E-state index contributed by atoms with van der Waals surface area (Å²) in [5.74, 6) is 1.07. The van der Waals surface area contributed by atoms with Gasteiger partial charge in [-0.05, 0) is 34.2 Å². The largest absolute Gasteiger partial charge is 0.508 e. The minimum Gasteiger partial charge on any atom is -0.508 e. The number of phenolic OH excluding ortho intramolecular Hbond substituents is 1. The van der Waals surface area contributed by atoms with Gasteiger partial charge in [0.25, 0.3) is 0 Å². The summed E-state index contributed by atoms with van der Waals surface area (Å²) in [6, 6.07) is 22.3. The second-order valence-electron chi connectivity index (χ2n) is 8.11. The van der Waals surface area contributed by atoms with Crippen LogP contribution in [0.5, 0.6) is 5.75 Å². The van der Waals surface area contributed by atoms with E-state index >= 15 is 0 Å². The van der Waals surface area contributed by atoms with Crippen molar-refractivity contribution in [2.24, 2.45) is 0 Å². The summed E-state index contributed by atoms with van der Waals surface area (Å²) in [7, 11) is 0. The SMILES string of the molecule is CC(C)(C)c1ccc(-c2cccc3[nH]nc(NCc4ccccc4O)c23)cc1. The van der Waals surface area contributed by atoms with Crippen LogP contribution < -0.4 is 5.32 Å². The Morgan fingerprint density at radius 1 is 0.929 bits per heavy atom. The van der Waals surface area contributed by atoms with E-state index in [9.17, 15) is 5.11 Å². The highest BCUT2D eigenvalue weighted by atomic mass is 16.3. The first-order chi connectivity index (χ1) is 13.4. The molecular formula is C24H25N3O. The van der Waals surface area contributed by atoms with Crippen LogP contribution in [-0.2, 0) is 12.0 Å². The third-order valence-corrected chi connectivity index (χ3v) is 5.09. The minimum absolute atomic E-state index is 0.130. The molecule has 0 amide bonds. The highest BCUT2D eigenvalue weighted by molar-refractivity contribution is 6.02. The third-order valence-electron chi connectivity index (χ3n) is 5.09. The summed E-state index contributed by atoms with van der Waals surface area (Å²) in [4.78, 5) is 0. The van der Waals surface area contributed by atoms with E-state index in [1.54, 1.807) is 6.07 Å². The average molecular weight is 371 g/mol. The van der Waals surface area contributed by atoms with Gasteiger partial charge in [-0.25, -0.2) is 0 Å². The van der Waals surface area contributed by atoms with Crippen molar-refractivity contribution in [1.82, 2.24) is 10.2 Å². The Kier molecular flexibility index (Phi) is 4.55. The topological polar surface area (TPSA) is 60.9 Å². The van der Waals surface area contributed by atoms with Crippen molar-refractivity contribution in [2.75, 3.05) is 5.32 Å². The number of benzene rings is 3. The Morgan fingerprint density at radius 2 is 1.68 bits per heavy atom. The molecule has 0 spiro atoms. The summed E-state index contributed by atoms with van der Waals surface area (Å²) < 4.78 is 0. The summed E-state index contributed by atoms with van der Waals surface area (Å²) in [5.41, 5.74) is 5.55. The number of aromatic nitrogens is 2. The number of nitrogens with one attached hydrogen (secondary N) is 2. The molecule has 3 N–H and O–H groups in total. The molecule has 0 fully saturated rings. The van der Waals surface area contributed by atoms with Crippen LogP contribution in [0.4, 0.5) is 5.82 Å². The molecule has 1 aromatic heterocycles. The van der Waals surface area contributed by atoms with Gasteiger partial charge in [0.1, 0.15) is 5.75 Å². The molecule has 4 nitrogen and oxygen atoms in total. The van der Waals surface area contributed by atoms with Crippen molar-refractivity contribution >= 4 is 16.7 Å². The second-order valence-corrected chi connectivity index (χ2v) is 8.11. The Hall–Kier alpha value is -3.27. The number of para-hydroxylation sites is 1. The van der Waals surface area contributed by atoms with Crippen LogP contribution in [0.2, 0.25) is 0 Å². The van der Waals surface area contributed by atoms with E-state index in [0.717, 1.165) is 33.4 Å². The molecule has 0 aliphatic carbocycles. The van der Waals surface area contributed by atoms with E-state index in [-0.39, 0.29) is 11.2 Å². The number of aromatic hydroxyl groups is 1. The van der Waals surface area contributed by atoms with E-state index < -0.39 is 0 Å². The zero-order chi connectivity index (χ0) is 19.7. The Balaban J connectivity index is 1.70. The molecule has 1 heterocycles. The summed E-state index contributed by atoms with van der Waals surface area (Å²) in [5, 5.41) is 22.0. The van der Waals surface area contributed by atoms with E-state index in [2.05, 4.69) is 66.6 Å². The molecule has 0 unspecified atom stereocenters. The van der Waals surface area contributed by atoms with Crippen LogP contribution >= 0.6 is 0 Å². The number of fused-ring (bicyclic) bond motifs is 1. The van der Waals surface area contributed by atoms with E-state index in [1.165, 1.54) is 5.56 Å². The molecule has 142 valence electrons. The van der Waals surface area contributed by atoms with E-state index in [1.807, 2.05) is 30.3 Å². The quantitative estimate of drug-likeness (QED) is 0.422. The van der Waals surface area contributed by atoms with Gasteiger partial charge in [-0.1, -0.05) is 75.4 Å². The number of anilines is 1. The standard InChI is InChI=1S/C24H25N3O/c1-24(2,3)18-13-11-16(12-14-18)19-8-6-9-20-22(19)23(27-26-20)25-15-17-7-4-5-10-21(17)28/h4-14,28H,15H2,1-3H3,(H2,25,26,27). The van der Waals surface area contributed by atoms with Gasteiger partial charge in [0, 0.05) is 12.1 Å². The molecule has 0 aliphatic heterocycles. The van der Waals surface area contributed by atoms with Crippen molar-refractivity contribution in [2.45, 2.75) is 32.7 Å². The summed E-state index contributed by atoms with van der Waals surface area (Å²) in [6.07, 6.45) is 0. The van der Waals surface area contributed by atoms with Crippen LogP contribution in [0.3, 0.4) is 0 Å². The van der Waals surface area contributed by atoms with Gasteiger partial charge in [0.2, 0.25) is 0 Å². The molecule has 0 saturated carbocycles. The molecule has 0 bridgehead atoms. The Bertz CT molecular complexity index is 1100. The van der Waals surface area contributed by atoms with Gasteiger partial charge in [0.05, 0.1) is 10.9 Å². The normalized spacial score (nSPS) is 11.7. The molecule has 4 rings (SSSR count). The molecular weight excluding hydrogens is 346 g/mol. The van der Waals surface area contributed by atoms with Crippen molar-refractivity contribution in [3.63, 3.8) is 0 Å². The van der Waals surface area contributed by atoms with Gasteiger partial charge in [-0.2, -0.15) is 5.10 Å². The van der Waals surface area contributed by atoms with Crippen molar-refractivity contribution in [3.8, 4) is 16.9 Å². The van der Waals surface area contributed by atoms with Crippen molar-refractivity contribution < 1.29 is 5.11 Å². The molecule has 4 heteroatoms. The lowest BCUT2D eigenvalue weighted by atomic mass is 9.86. The van der Waals surface area contributed by atoms with Crippen LogP contribution in [0.25, 0.3) is 22.0 Å². The van der Waals surface area contributed by atoms with Crippen LogP contribution in [-0.4, -0.2) is 15.3 Å². The Morgan fingerprint density at radius 3 is 2.39 bits per heavy atom. The Labute approximate surface area is 165 Å². The second kappa shape index (κ2) is 7.04. The highest BCUT2D eigenvalue weighted by Gasteiger charge is 2.15. The van der Waals surface area contributed by atoms with Gasteiger partial charge < -0.3 is 10.4 Å². The van der Waals surface area contributed by atoms with E-state index in [4.69, 9.17) is 0 Å². The lowest BCUT2D eigenvalue weighted by Crippen LogP contribution is -2.10. The summed E-state index contributed by atoms with van der Waals surface area (Å²) in [6.45, 7) is 7.17. The number of rotatable bonds is 4. The third kappa shape index (κ3) is 3.46. The monoisotopic (exact) mass is 371 g/mol. The number of H-pyrrole nitrogens is 1. The predicted octanol–water partition coefficient (Wildman–Crippen LogP) is 5.85. The van der Waals surface area contributed by atoms with Gasteiger partial charge in [-0.3, -0.25) is 5.10 Å². The lowest BCUT2D eigenvalue weighted by molar-refractivity contribution is 0.469. The van der Waals surface area contributed by atoms with Gasteiger partial charge >= 0.3 is 0 Å². The zero-order valence-electron chi connectivity index (χ0n) is 16.5. The fourth-order valence-corrected chi connectivity index (χ4v) is 3.43. The molecule has 28 heavy (non-hydrogen) atoms. The first-order valence-electron chi connectivity index (χ1n) is 9.52. The fraction of sp³-hybridized carbons (Fsp3) is 0.208. The molecule has 0 aliphatic rings. The number of hydrogen-bond donors (Lipinski definition) is 3. The van der Waals surface area contributed by atoms with Crippen LogP contribution in [0.15, 0.2) is 66.7 Å². The van der Waals surface area contributed by atoms with Crippen molar-refractivity contribution in [3.05, 3.63) is 77.9 Å². The van der Waals surface area contributed by atoms with E-state index in [0.29, 0.717) is 6.54 Å². The number of hydrogen-bond acceptors (Lipinski definition) is 3. The zero-order valence-corrected chi connectivity index (χ0v) is 16.5. The smallest absolute Gasteiger partial charge is 0.156 e. The molecule has 0 saturated heterocycles.